The first-order chi connectivity index (χ1) is 10.7. The fourth-order valence-electron chi connectivity index (χ4n) is 3.99. The van der Waals surface area contributed by atoms with Crippen molar-refractivity contribution in [2.24, 2.45) is 5.41 Å². The summed E-state index contributed by atoms with van der Waals surface area (Å²) in [5, 5.41) is 1.47. The van der Waals surface area contributed by atoms with Crippen molar-refractivity contribution in [1.29, 1.82) is 0 Å². The van der Waals surface area contributed by atoms with Gasteiger partial charge < -0.3 is 24.8 Å². The molecule has 0 aromatic rings. The maximum Gasteiger partial charge on any atom is -1.00 e. The van der Waals surface area contributed by atoms with Crippen LogP contribution >= 0.6 is 0 Å². The number of allylic oxidation sites excluding steroid dienone is 6. The van der Waals surface area contributed by atoms with Crippen molar-refractivity contribution in [2.75, 3.05) is 6.61 Å². The Morgan fingerprint density at radius 3 is 2.32 bits per heavy atom. The van der Waals surface area contributed by atoms with Crippen LogP contribution in [0.15, 0.2) is 45.0 Å². The van der Waals surface area contributed by atoms with Crippen molar-refractivity contribution in [1.82, 2.24) is 0 Å². The Morgan fingerprint density at radius 1 is 1.20 bits per heavy atom. The Labute approximate surface area is 179 Å². The van der Waals surface area contributed by atoms with E-state index in [0.717, 1.165) is 25.9 Å². The van der Waals surface area contributed by atoms with Crippen molar-refractivity contribution >= 4 is 8.07 Å². The van der Waals surface area contributed by atoms with E-state index >= 15 is 0 Å². The molecular weight excluding hydrogens is 403 g/mol. The van der Waals surface area contributed by atoms with Crippen LogP contribution in [0.2, 0.25) is 13.1 Å². The van der Waals surface area contributed by atoms with E-state index in [4.69, 9.17) is 4.74 Å². The summed E-state index contributed by atoms with van der Waals surface area (Å²) in [7, 11) is -1.84. The largest absolute Gasteiger partial charge is 1.00 e. The Bertz CT molecular complexity index is 585. The molecule has 2 aliphatic carbocycles. The zero-order chi connectivity index (χ0) is 17.3. The summed E-state index contributed by atoms with van der Waals surface area (Å²) in [4.78, 5) is 0. The molecule has 2 aliphatic rings. The molecule has 0 radical (unpaired) electrons. The van der Waals surface area contributed by atoms with Gasteiger partial charge in [0.2, 0.25) is 0 Å². The molecule has 0 saturated heterocycles. The van der Waals surface area contributed by atoms with E-state index in [0.29, 0.717) is 0 Å². The summed E-state index contributed by atoms with van der Waals surface area (Å²) < 4.78 is 8.30. The van der Waals surface area contributed by atoms with Crippen molar-refractivity contribution in [3.8, 4) is 0 Å². The van der Waals surface area contributed by atoms with Gasteiger partial charge in [-0.1, -0.05) is 0 Å². The topological polar surface area (TPSA) is 9.23 Å². The normalized spacial score (nSPS) is 23.3. The van der Waals surface area contributed by atoms with E-state index in [-0.39, 0.29) is 35.5 Å². The summed E-state index contributed by atoms with van der Waals surface area (Å²) in [6, 6.07) is 0. The third kappa shape index (κ3) is 4.83. The molecule has 0 aromatic carbocycles. The van der Waals surface area contributed by atoms with Crippen LogP contribution in [0.25, 0.3) is 0 Å². The van der Waals surface area contributed by atoms with Gasteiger partial charge in [0.15, 0.2) is 0 Å². The summed E-state index contributed by atoms with van der Waals surface area (Å²) in [6.07, 6.45) is 14.8. The quantitative estimate of drug-likeness (QED) is 0.538. The van der Waals surface area contributed by atoms with Gasteiger partial charge in [0.25, 0.3) is 0 Å². The molecule has 1 nitrogen and oxygen atoms in total. The molecule has 0 saturated carbocycles. The van der Waals surface area contributed by atoms with Gasteiger partial charge in [-0.25, -0.2) is 0 Å². The molecule has 139 valence electrons. The number of rotatable bonds is 5. The van der Waals surface area contributed by atoms with Gasteiger partial charge in [-0.05, 0) is 0 Å². The zero-order valence-corrected chi connectivity index (χ0v) is 20.5. The summed E-state index contributed by atoms with van der Waals surface area (Å²) >= 11 is 2.30. The first-order valence-electron chi connectivity index (χ1n) is 8.80. The first kappa shape index (κ1) is 25.4. The molecule has 0 heterocycles. The molecule has 0 fully saturated rings. The SMILES string of the molecule is CCCOC1([Si](C)(C)C2=[C]([Ti+2])CC=C2)CC=CC=C1C(C)(C)C.[Cl-].[Cl-]. The second-order valence-corrected chi connectivity index (χ2v) is 13.8. The molecule has 5 heteroatoms. The maximum absolute atomic E-state index is 6.76. The van der Waals surface area contributed by atoms with Crippen LogP contribution in [-0.4, -0.2) is 19.9 Å². The van der Waals surface area contributed by atoms with Crippen LogP contribution in [0.5, 0.6) is 0 Å². The van der Waals surface area contributed by atoms with E-state index in [1.807, 2.05) is 0 Å². The van der Waals surface area contributed by atoms with Crippen molar-refractivity contribution in [3.05, 3.63) is 45.0 Å². The average molecular weight is 434 g/mol. The third-order valence-corrected chi connectivity index (χ3v) is 10.8. The maximum atomic E-state index is 6.76. The minimum absolute atomic E-state index is 0. The Hall–Kier alpha value is 0.431. The van der Waals surface area contributed by atoms with Crippen molar-refractivity contribution in [3.63, 3.8) is 0 Å². The minimum Gasteiger partial charge on any atom is -1.00 e. The Kier molecular flexibility index (Phi) is 9.74. The molecule has 0 spiro atoms. The predicted octanol–water partition coefficient (Wildman–Crippen LogP) is -0.360. The van der Waals surface area contributed by atoms with Gasteiger partial charge >= 0.3 is 156 Å². The molecular formula is C20H31Cl2OSiTi. The molecule has 0 bridgehead atoms. The Morgan fingerprint density at radius 2 is 1.84 bits per heavy atom. The monoisotopic (exact) mass is 433 g/mol. The molecule has 0 N–H and O–H groups in total. The molecule has 1 atom stereocenters. The molecule has 2 rings (SSSR count). The standard InChI is InChI=1S/C20H31OSi.2ClH.Ti/c1-7-16-21-20(22(5,6)17-12-8-9-13-17)15-11-10-14-18(20)19(2,3)4;;;/h8,10-12,14H,7,9,15-16H2,1-6H3;2*1H;/q;;;+2/p-2. The molecule has 25 heavy (non-hydrogen) atoms. The van der Waals surface area contributed by atoms with Crippen molar-refractivity contribution < 1.29 is 50.0 Å². The third-order valence-electron chi connectivity index (χ3n) is 5.21. The van der Waals surface area contributed by atoms with E-state index in [9.17, 15) is 0 Å². The van der Waals surface area contributed by atoms with Crippen LogP contribution < -0.4 is 24.8 Å². The summed E-state index contributed by atoms with van der Waals surface area (Å²) in [5.74, 6) is 0. The van der Waals surface area contributed by atoms with Gasteiger partial charge in [0.1, 0.15) is 0 Å². The fourth-order valence-corrected chi connectivity index (χ4v) is 9.82. The zero-order valence-electron chi connectivity index (χ0n) is 16.4. The van der Waals surface area contributed by atoms with Gasteiger partial charge in [-0.15, -0.1) is 0 Å². The van der Waals surface area contributed by atoms with E-state index in [1.54, 1.807) is 9.07 Å². The minimum atomic E-state index is -1.84. The first-order valence-corrected chi connectivity index (χ1v) is 12.6. The molecule has 0 aliphatic heterocycles. The van der Waals surface area contributed by atoms with Crippen LogP contribution in [-0.2, 0) is 25.2 Å². The number of halogens is 2. The van der Waals surface area contributed by atoms with Crippen LogP contribution in [0.3, 0.4) is 0 Å². The van der Waals surface area contributed by atoms with Crippen LogP contribution in [0.4, 0.5) is 0 Å². The predicted molar refractivity (Wildman–Crippen MR) is 98.5 cm³/mol. The van der Waals surface area contributed by atoms with E-state index in [2.05, 4.69) is 91.6 Å². The molecule has 1 unspecified atom stereocenters. The number of ether oxygens (including phenoxy) is 1. The van der Waals surface area contributed by atoms with Gasteiger partial charge in [0, 0.05) is 0 Å². The second-order valence-electron chi connectivity index (χ2n) is 8.26. The average Bonchev–Trinajstić information content (AvgIpc) is 2.91. The second kappa shape index (κ2) is 9.57. The van der Waals surface area contributed by atoms with Gasteiger partial charge in [0.05, 0.1) is 0 Å². The van der Waals surface area contributed by atoms with Crippen molar-refractivity contribution in [2.45, 2.75) is 65.3 Å². The summed E-state index contributed by atoms with van der Waals surface area (Å²) in [6.45, 7) is 15.1. The van der Waals surface area contributed by atoms with E-state index < -0.39 is 8.07 Å². The van der Waals surface area contributed by atoms with Gasteiger partial charge in [-0.3, -0.25) is 0 Å². The van der Waals surface area contributed by atoms with Gasteiger partial charge in [-0.2, -0.15) is 0 Å². The summed E-state index contributed by atoms with van der Waals surface area (Å²) in [5.41, 5.74) is 1.61. The van der Waals surface area contributed by atoms with E-state index in [1.165, 1.54) is 5.57 Å². The van der Waals surface area contributed by atoms with Crippen LogP contribution in [0, 0.1) is 5.41 Å². The number of hydrogen-bond acceptors (Lipinski definition) is 1. The van der Waals surface area contributed by atoms with Crippen LogP contribution in [0.1, 0.15) is 47.0 Å². The Balaban J connectivity index is 0.00000288. The molecule has 0 aromatic heterocycles. The number of hydrogen-bond donors (Lipinski definition) is 0. The smallest absolute Gasteiger partial charge is 1.00 e. The fraction of sp³-hybridized carbons (Fsp3) is 0.600. The molecule has 0 amide bonds.